The molecule has 2 amide bonds. The predicted octanol–water partition coefficient (Wildman–Crippen LogP) is 2.98. The third-order valence-corrected chi connectivity index (χ3v) is 5.72. The Hall–Kier alpha value is -3.07. The molecule has 2 atom stereocenters. The number of hydrogen-bond donors (Lipinski definition) is 4. The van der Waals surface area contributed by atoms with Crippen LogP contribution in [-0.4, -0.2) is 65.6 Å². The van der Waals surface area contributed by atoms with Crippen LogP contribution < -0.4 is 15.8 Å². The molecule has 9 nitrogen and oxygen atoms in total. The van der Waals surface area contributed by atoms with E-state index in [4.69, 9.17) is 10.5 Å². The summed E-state index contributed by atoms with van der Waals surface area (Å²) in [5.74, 6) is 1.04. The summed E-state index contributed by atoms with van der Waals surface area (Å²) >= 11 is 0. The lowest BCUT2D eigenvalue weighted by atomic mass is 9.90. The number of nitrogens with two attached hydrogens (primary N) is 1. The number of aromatic amines is 1. The Kier molecular flexibility index (Phi) is 7.51. The summed E-state index contributed by atoms with van der Waals surface area (Å²) in [7, 11) is 3.25. The quantitative estimate of drug-likeness (QED) is 0.504. The van der Waals surface area contributed by atoms with E-state index in [1.807, 2.05) is 12.1 Å². The number of aliphatic imine (C=N–C) groups is 1. The highest BCUT2D eigenvalue weighted by atomic mass is 16.5. The number of benzene rings is 1. The standard InChI is InChI=1S/C22H32N6O3/c1-4-5-6-14-13-28(10-9-17(14)29)22(30)27-21-25-19-16(15(11-23)12-24-2)7-8-18(31-3)20(19)26-21/h7-8,11-12,14,17,29H,4-6,9-10,13,23H2,1-3H3,(H2,25,26,27,30). The van der Waals surface area contributed by atoms with Gasteiger partial charge in [-0.15, -0.1) is 0 Å². The highest BCUT2D eigenvalue weighted by molar-refractivity contribution is 6.14. The molecule has 9 heteroatoms. The van der Waals surface area contributed by atoms with Gasteiger partial charge in [-0.2, -0.15) is 0 Å². The van der Waals surface area contributed by atoms with E-state index >= 15 is 0 Å². The molecule has 31 heavy (non-hydrogen) atoms. The van der Waals surface area contributed by atoms with Crippen LogP contribution in [0.2, 0.25) is 0 Å². The summed E-state index contributed by atoms with van der Waals surface area (Å²) in [6.07, 6.45) is 6.39. The smallest absolute Gasteiger partial charge is 0.324 e. The molecule has 5 N–H and O–H groups in total. The average molecular weight is 429 g/mol. The maximum Gasteiger partial charge on any atom is 0.324 e. The molecular formula is C22H32N6O3. The van der Waals surface area contributed by atoms with Gasteiger partial charge < -0.3 is 25.5 Å². The monoisotopic (exact) mass is 428 g/mol. The molecule has 168 valence electrons. The van der Waals surface area contributed by atoms with Crippen molar-refractivity contribution in [2.75, 3.05) is 32.6 Å². The normalized spacial score (nSPS) is 19.9. The number of amides is 2. The molecular weight excluding hydrogens is 396 g/mol. The van der Waals surface area contributed by atoms with Gasteiger partial charge in [0, 0.05) is 49.6 Å². The van der Waals surface area contributed by atoms with Gasteiger partial charge in [0.1, 0.15) is 16.8 Å². The van der Waals surface area contributed by atoms with Crippen LogP contribution in [0, 0.1) is 5.92 Å². The highest BCUT2D eigenvalue weighted by Gasteiger charge is 2.30. The number of carbonyl (C=O) groups excluding carboxylic acids is 1. The number of aliphatic hydroxyl groups is 1. The first kappa shape index (κ1) is 22.6. The van der Waals surface area contributed by atoms with Crippen LogP contribution >= 0.6 is 0 Å². The van der Waals surface area contributed by atoms with E-state index in [1.54, 1.807) is 25.3 Å². The zero-order valence-corrected chi connectivity index (χ0v) is 18.4. The molecule has 1 aromatic heterocycles. The first-order valence-electron chi connectivity index (χ1n) is 10.7. The first-order chi connectivity index (χ1) is 15.0. The van der Waals surface area contributed by atoms with Crippen LogP contribution in [0.5, 0.6) is 5.75 Å². The lowest BCUT2D eigenvalue weighted by molar-refractivity contribution is 0.0372. The molecule has 0 bridgehead atoms. The minimum Gasteiger partial charge on any atom is -0.494 e. The molecule has 2 aromatic rings. The van der Waals surface area contributed by atoms with E-state index in [9.17, 15) is 9.90 Å². The van der Waals surface area contributed by atoms with E-state index in [0.717, 1.165) is 24.8 Å². The summed E-state index contributed by atoms with van der Waals surface area (Å²) in [5.41, 5.74) is 8.55. The number of hydrogen-bond acceptors (Lipinski definition) is 6. The van der Waals surface area contributed by atoms with E-state index in [0.29, 0.717) is 47.8 Å². The summed E-state index contributed by atoms with van der Waals surface area (Å²) in [5, 5.41) is 13.1. The molecule has 1 aromatic carbocycles. The number of H-pyrrole nitrogens is 1. The molecule has 1 saturated heterocycles. The number of methoxy groups -OCH3 is 1. The number of anilines is 1. The van der Waals surface area contributed by atoms with Crippen LogP contribution in [0.25, 0.3) is 16.6 Å². The van der Waals surface area contributed by atoms with Crippen LogP contribution in [0.1, 0.15) is 38.2 Å². The lowest BCUT2D eigenvalue weighted by Gasteiger charge is -2.36. The van der Waals surface area contributed by atoms with E-state index in [-0.39, 0.29) is 18.1 Å². The Bertz CT molecular complexity index is 968. The van der Waals surface area contributed by atoms with Gasteiger partial charge in [-0.05, 0) is 25.0 Å². The average Bonchev–Trinajstić information content (AvgIpc) is 3.20. The Labute approximate surface area is 182 Å². The number of ether oxygens (including phenoxy) is 1. The number of imidazole rings is 1. The van der Waals surface area contributed by atoms with Crippen molar-refractivity contribution in [3.8, 4) is 5.75 Å². The van der Waals surface area contributed by atoms with Crippen molar-refractivity contribution in [2.24, 2.45) is 16.6 Å². The van der Waals surface area contributed by atoms with Gasteiger partial charge in [-0.25, -0.2) is 9.78 Å². The van der Waals surface area contributed by atoms with Crippen molar-refractivity contribution in [1.82, 2.24) is 14.9 Å². The second-order valence-electron chi connectivity index (χ2n) is 7.77. The Morgan fingerprint density at radius 2 is 2.32 bits per heavy atom. The van der Waals surface area contributed by atoms with Crippen LogP contribution in [0.4, 0.5) is 10.7 Å². The largest absolute Gasteiger partial charge is 0.494 e. The van der Waals surface area contributed by atoms with Crippen LogP contribution in [0.15, 0.2) is 23.3 Å². The van der Waals surface area contributed by atoms with Crippen molar-refractivity contribution < 1.29 is 14.6 Å². The second-order valence-corrected chi connectivity index (χ2v) is 7.77. The molecule has 1 fully saturated rings. The molecule has 1 aliphatic rings. The fourth-order valence-electron chi connectivity index (χ4n) is 4.01. The maximum atomic E-state index is 12.9. The molecule has 2 unspecified atom stereocenters. The van der Waals surface area contributed by atoms with Crippen LogP contribution in [0.3, 0.4) is 0 Å². The number of piperidine rings is 1. The molecule has 0 radical (unpaired) electrons. The lowest BCUT2D eigenvalue weighted by Crippen LogP contribution is -2.47. The third kappa shape index (κ3) is 4.99. The van der Waals surface area contributed by atoms with E-state index in [1.165, 1.54) is 6.20 Å². The number of carbonyl (C=O) groups is 1. The van der Waals surface area contributed by atoms with E-state index in [2.05, 4.69) is 27.2 Å². The number of aliphatic hydroxyl groups excluding tert-OH is 1. The number of fused-ring (bicyclic) bond motifs is 1. The highest BCUT2D eigenvalue weighted by Crippen LogP contribution is 2.31. The van der Waals surface area contributed by atoms with Crippen molar-refractivity contribution in [3.05, 3.63) is 23.9 Å². The number of likely N-dealkylation sites (tertiary alicyclic amines) is 1. The topological polar surface area (TPSA) is 129 Å². The summed E-state index contributed by atoms with van der Waals surface area (Å²) < 4.78 is 5.45. The number of nitrogens with zero attached hydrogens (tertiary/aromatic N) is 3. The molecule has 3 rings (SSSR count). The number of allylic oxidation sites excluding steroid dienone is 1. The Balaban J connectivity index is 1.84. The third-order valence-electron chi connectivity index (χ3n) is 5.72. The SMILES string of the molecule is CCCCC1CN(C(=O)Nc2nc3c(C(C=NC)=CN)ccc(OC)c3[nH]2)CCC1O. The molecule has 0 spiro atoms. The number of rotatable bonds is 7. The second kappa shape index (κ2) is 10.3. The van der Waals surface area contributed by atoms with Gasteiger partial charge >= 0.3 is 6.03 Å². The molecule has 0 saturated carbocycles. The number of unbranched alkanes of at least 4 members (excludes halogenated alkanes) is 1. The summed E-state index contributed by atoms with van der Waals surface area (Å²) in [6, 6.07) is 3.44. The minimum atomic E-state index is -0.352. The first-order valence-corrected chi connectivity index (χ1v) is 10.7. The number of urea groups is 1. The maximum absolute atomic E-state index is 12.9. The summed E-state index contributed by atoms with van der Waals surface area (Å²) in [4.78, 5) is 26.4. The van der Waals surface area contributed by atoms with Gasteiger partial charge in [-0.3, -0.25) is 10.3 Å². The summed E-state index contributed by atoms with van der Waals surface area (Å²) in [6.45, 7) is 3.17. The zero-order chi connectivity index (χ0) is 22.4. The molecule has 1 aliphatic heterocycles. The fraction of sp³-hybridized carbons (Fsp3) is 0.500. The van der Waals surface area contributed by atoms with Crippen molar-refractivity contribution >= 4 is 34.8 Å². The molecule has 2 heterocycles. The minimum absolute atomic E-state index is 0.104. The van der Waals surface area contributed by atoms with Gasteiger partial charge in [0.15, 0.2) is 0 Å². The Morgan fingerprint density at radius 3 is 3.00 bits per heavy atom. The predicted molar refractivity (Wildman–Crippen MR) is 123 cm³/mol. The van der Waals surface area contributed by atoms with Crippen molar-refractivity contribution in [2.45, 2.75) is 38.7 Å². The van der Waals surface area contributed by atoms with Gasteiger partial charge in [0.25, 0.3) is 0 Å². The van der Waals surface area contributed by atoms with Crippen LogP contribution in [-0.2, 0) is 0 Å². The number of aromatic nitrogens is 2. The fourth-order valence-corrected chi connectivity index (χ4v) is 4.01. The number of nitrogens with one attached hydrogen (secondary N) is 2. The van der Waals surface area contributed by atoms with Gasteiger partial charge in [0.2, 0.25) is 5.95 Å². The van der Waals surface area contributed by atoms with E-state index < -0.39 is 0 Å². The van der Waals surface area contributed by atoms with Crippen molar-refractivity contribution in [3.63, 3.8) is 0 Å². The Morgan fingerprint density at radius 1 is 1.52 bits per heavy atom. The van der Waals surface area contributed by atoms with Crippen molar-refractivity contribution in [1.29, 1.82) is 0 Å². The zero-order valence-electron chi connectivity index (χ0n) is 18.4. The van der Waals surface area contributed by atoms with Gasteiger partial charge in [-0.1, -0.05) is 19.8 Å². The van der Waals surface area contributed by atoms with Gasteiger partial charge in [0.05, 0.1) is 13.2 Å². The molecule has 0 aliphatic carbocycles.